The first kappa shape index (κ1) is 21.3. The first-order valence-electron chi connectivity index (χ1n) is 9.11. The summed E-state index contributed by atoms with van der Waals surface area (Å²) in [7, 11) is 0. The molecule has 1 aliphatic carbocycles. The van der Waals surface area contributed by atoms with E-state index in [1.165, 1.54) is 12.1 Å². The molecule has 0 aromatic heterocycles. The van der Waals surface area contributed by atoms with Crippen molar-refractivity contribution >= 4 is 45.2 Å². The number of hydrogen-bond donors (Lipinski definition) is 2. The first-order chi connectivity index (χ1) is 13.8. The van der Waals surface area contributed by atoms with Gasteiger partial charge in [-0.15, -0.1) is 11.8 Å². The van der Waals surface area contributed by atoms with Gasteiger partial charge in [0.2, 0.25) is 11.8 Å². The number of primary amides is 1. The lowest BCUT2D eigenvalue weighted by Gasteiger charge is -2.34. The molecular formula is C20H20BrN3O4S. The maximum atomic E-state index is 12.6. The second-order valence-corrected chi connectivity index (χ2v) is 8.81. The minimum absolute atomic E-state index is 0.0382. The fourth-order valence-corrected chi connectivity index (χ4v) is 4.29. The highest BCUT2D eigenvalue weighted by atomic mass is 79.9. The highest BCUT2D eigenvalue weighted by Gasteiger charge is 2.30. The predicted octanol–water partition coefficient (Wildman–Crippen LogP) is 4.21. The van der Waals surface area contributed by atoms with Gasteiger partial charge in [-0.2, -0.15) is 0 Å². The van der Waals surface area contributed by atoms with Crippen LogP contribution >= 0.6 is 27.7 Å². The molecule has 3 N–H and O–H groups in total. The van der Waals surface area contributed by atoms with Crippen molar-refractivity contribution in [3.63, 3.8) is 0 Å². The average molecular weight is 478 g/mol. The molecule has 0 radical (unpaired) electrons. The Hall–Kier alpha value is -2.39. The SMILES string of the molecule is NC(=O)c1ccc(SCC(=O)NC(c2ccc(Br)cc2)C2CCC2)c([N+](=O)[O-])c1. The molecule has 2 aromatic rings. The van der Waals surface area contributed by atoms with Gasteiger partial charge in [-0.1, -0.05) is 34.5 Å². The minimum atomic E-state index is -0.736. The number of carbonyl (C=O) groups is 2. The normalized spacial score (nSPS) is 14.7. The molecule has 9 heteroatoms. The molecule has 0 heterocycles. The van der Waals surface area contributed by atoms with Crippen molar-refractivity contribution in [2.75, 3.05) is 5.75 Å². The number of benzene rings is 2. The average Bonchev–Trinajstić information content (AvgIpc) is 2.64. The number of rotatable bonds is 8. The number of halogens is 1. The predicted molar refractivity (Wildman–Crippen MR) is 115 cm³/mol. The zero-order valence-corrected chi connectivity index (χ0v) is 17.9. The number of amides is 2. The zero-order chi connectivity index (χ0) is 21.0. The summed E-state index contributed by atoms with van der Waals surface area (Å²) in [5.41, 5.74) is 6.06. The fourth-order valence-electron chi connectivity index (χ4n) is 3.21. The van der Waals surface area contributed by atoms with Crippen LogP contribution in [0.3, 0.4) is 0 Å². The zero-order valence-electron chi connectivity index (χ0n) is 15.5. The van der Waals surface area contributed by atoms with Crippen LogP contribution in [0, 0.1) is 16.0 Å². The van der Waals surface area contributed by atoms with Crippen LogP contribution in [0.5, 0.6) is 0 Å². The van der Waals surface area contributed by atoms with Crippen LogP contribution in [0.4, 0.5) is 5.69 Å². The van der Waals surface area contributed by atoms with Crippen molar-refractivity contribution in [2.45, 2.75) is 30.2 Å². The van der Waals surface area contributed by atoms with E-state index in [-0.39, 0.29) is 29.0 Å². The number of nitro groups is 1. The monoisotopic (exact) mass is 477 g/mol. The molecule has 1 fully saturated rings. The number of nitrogens with one attached hydrogen (secondary N) is 1. The summed E-state index contributed by atoms with van der Waals surface area (Å²) in [4.78, 5) is 34.9. The lowest BCUT2D eigenvalue weighted by molar-refractivity contribution is -0.387. The Balaban J connectivity index is 1.68. The summed E-state index contributed by atoms with van der Waals surface area (Å²) in [6, 6.07) is 11.8. The van der Waals surface area contributed by atoms with Crippen LogP contribution in [-0.2, 0) is 4.79 Å². The number of nitrogens with zero attached hydrogens (tertiary/aromatic N) is 1. The number of nitrogens with two attached hydrogens (primary N) is 1. The van der Waals surface area contributed by atoms with Gasteiger partial charge >= 0.3 is 0 Å². The van der Waals surface area contributed by atoms with E-state index < -0.39 is 10.8 Å². The van der Waals surface area contributed by atoms with Gasteiger partial charge < -0.3 is 11.1 Å². The van der Waals surface area contributed by atoms with Gasteiger partial charge in [-0.25, -0.2) is 0 Å². The van der Waals surface area contributed by atoms with E-state index in [2.05, 4.69) is 21.2 Å². The fraction of sp³-hybridized carbons (Fsp3) is 0.300. The Bertz CT molecular complexity index is 932. The Morgan fingerprint density at radius 1 is 1.24 bits per heavy atom. The van der Waals surface area contributed by atoms with E-state index in [4.69, 9.17) is 5.73 Å². The number of carbonyl (C=O) groups excluding carboxylic acids is 2. The smallest absolute Gasteiger partial charge is 0.283 e. The van der Waals surface area contributed by atoms with Gasteiger partial charge in [0, 0.05) is 16.1 Å². The Morgan fingerprint density at radius 2 is 1.93 bits per heavy atom. The van der Waals surface area contributed by atoms with Gasteiger partial charge in [0.25, 0.3) is 5.69 Å². The van der Waals surface area contributed by atoms with Crippen molar-refractivity contribution in [1.29, 1.82) is 0 Å². The summed E-state index contributed by atoms with van der Waals surface area (Å²) in [5.74, 6) is -0.492. The van der Waals surface area contributed by atoms with Gasteiger partial charge in [0.15, 0.2) is 0 Å². The number of nitro benzene ring substituents is 1. The summed E-state index contributed by atoms with van der Waals surface area (Å²) in [6.45, 7) is 0. The molecule has 2 aromatic carbocycles. The third-order valence-corrected chi connectivity index (χ3v) is 6.56. The molecule has 152 valence electrons. The van der Waals surface area contributed by atoms with E-state index in [0.717, 1.165) is 47.1 Å². The van der Waals surface area contributed by atoms with Crippen molar-refractivity contribution in [2.24, 2.45) is 11.7 Å². The summed E-state index contributed by atoms with van der Waals surface area (Å²) >= 11 is 4.49. The van der Waals surface area contributed by atoms with Crippen molar-refractivity contribution in [1.82, 2.24) is 5.32 Å². The Labute approximate surface area is 180 Å². The lowest BCUT2D eigenvalue weighted by atomic mass is 9.77. The lowest BCUT2D eigenvalue weighted by Crippen LogP contribution is -2.37. The van der Waals surface area contributed by atoms with E-state index in [0.29, 0.717) is 10.8 Å². The van der Waals surface area contributed by atoms with Crippen LogP contribution in [0.15, 0.2) is 51.8 Å². The summed E-state index contributed by atoms with van der Waals surface area (Å²) < 4.78 is 0.974. The first-order valence-corrected chi connectivity index (χ1v) is 10.9. The van der Waals surface area contributed by atoms with E-state index >= 15 is 0 Å². The van der Waals surface area contributed by atoms with Crippen LogP contribution in [0.1, 0.15) is 41.2 Å². The van der Waals surface area contributed by atoms with Crippen molar-refractivity contribution < 1.29 is 14.5 Å². The maximum absolute atomic E-state index is 12.6. The third-order valence-electron chi connectivity index (χ3n) is 4.97. The highest BCUT2D eigenvalue weighted by molar-refractivity contribution is 9.10. The molecule has 0 bridgehead atoms. The molecule has 1 saturated carbocycles. The van der Waals surface area contributed by atoms with Crippen LogP contribution in [0.2, 0.25) is 0 Å². The second kappa shape index (κ2) is 9.41. The summed E-state index contributed by atoms with van der Waals surface area (Å²) in [6.07, 6.45) is 3.28. The Kier molecular flexibility index (Phi) is 6.92. The molecule has 29 heavy (non-hydrogen) atoms. The Morgan fingerprint density at radius 3 is 2.48 bits per heavy atom. The van der Waals surface area contributed by atoms with Crippen LogP contribution < -0.4 is 11.1 Å². The molecule has 0 spiro atoms. The van der Waals surface area contributed by atoms with Crippen molar-refractivity contribution in [3.05, 3.63) is 68.2 Å². The van der Waals surface area contributed by atoms with Crippen molar-refractivity contribution in [3.8, 4) is 0 Å². The highest BCUT2D eigenvalue weighted by Crippen LogP contribution is 2.38. The largest absolute Gasteiger partial charge is 0.366 e. The van der Waals surface area contributed by atoms with Gasteiger partial charge in [0.1, 0.15) is 0 Å². The van der Waals surface area contributed by atoms with E-state index in [9.17, 15) is 19.7 Å². The molecule has 2 amide bonds. The molecule has 0 saturated heterocycles. The minimum Gasteiger partial charge on any atom is -0.366 e. The number of thioether (sulfide) groups is 1. The second-order valence-electron chi connectivity index (χ2n) is 6.88. The number of hydrogen-bond acceptors (Lipinski definition) is 5. The van der Waals surface area contributed by atoms with Crippen LogP contribution in [-0.4, -0.2) is 22.5 Å². The van der Waals surface area contributed by atoms with Crippen LogP contribution in [0.25, 0.3) is 0 Å². The maximum Gasteiger partial charge on any atom is 0.283 e. The molecule has 0 aliphatic heterocycles. The van der Waals surface area contributed by atoms with Gasteiger partial charge in [-0.3, -0.25) is 19.7 Å². The standard InChI is InChI=1S/C20H20BrN3O4S/c21-15-7-4-13(5-8-15)19(12-2-1-3-12)23-18(25)11-29-17-9-6-14(20(22)26)10-16(17)24(27)28/h4-10,12,19H,1-3,11H2,(H2,22,26)(H,23,25). The molecule has 1 unspecified atom stereocenters. The molecule has 7 nitrogen and oxygen atoms in total. The molecule has 3 rings (SSSR count). The topological polar surface area (TPSA) is 115 Å². The van der Waals surface area contributed by atoms with Gasteiger partial charge in [-0.05, 0) is 48.6 Å². The summed E-state index contributed by atoms with van der Waals surface area (Å²) in [5, 5.41) is 14.4. The third kappa shape index (κ3) is 5.36. The van der Waals surface area contributed by atoms with Gasteiger partial charge in [0.05, 0.1) is 21.6 Å². The molecular weight excluding hydrogens is 458 g/mol. The van der Waals surface area contributed by atoms with E-state index in [1.54, 1.807) is 0 Å². The van der Waals surface area contributed by atoms with E-state index in [1.807, 2.05) is 24.3 Å². The molecule has 1 aliphatic rings. The molecule has 1 atom stereocenters. The quantitative estimate of drug-likeness (QED) is 0.335.